The second-order valence-electron chi connectivity index (χ2n) is 4.20. The first kappa shape index (κ1) is 13.6. The Bertz CT molecular complexity index is 378. The van der Waals surface area contributed by atoms with E-state index in [9.17, 15) is 14.3 Å². The van der Waals surface area contributed by atoms with Gasteiger partial charge in [-0.2, -0.15) is 0 Å². The molecule has 1 aromatic rings. The SMILES string of the molecule is CCCCC(CN)(C(=O)O)c1ccc(F)cc1. The van der Waals surface area contributed by atoms with Gasteiger partial charge in [-0.3, -0.25) is 4.79 Å². The molecule has 1 aromatic carbocycles. The summed E-state index contributed by atoms with van der Waals surface area (Å²) in [6.45, 7) is 2.02. The average molecular weight is 239 g/mol. The molecule has 0 saturated carbocycles. The number of carboxylic acids is 1. The van der Waals surface area contributed by atoms with Gasteiger partial charge in [0.25, 0.3) is 0 Å². The predicted molar refractivity (Wildman–Crippen MR) is 64.3 cm³/mol. The third-order valence-corrected chi connectivity index (χ3v) is 3.11. The van der Waals surface area contributed by atoms with Crippen molar-refractivity contribution in [2.24, 2.45) is 5.73 Å². The van der Waals surface area contributed by atoms with E-state index in [1.165, 1.54) is 24.3 Å². The van der Waals surface area contributed by atoms with Crippen molar-refractivity contribution < 1.29 is 14.3 Å². The highest BCUT2D eigenvalue weighted by atomic mass is 19.1. The summed E-state index contributed by atoms with van der Waals surface area (Å²) in [6, 6.07) is 5.56. The van der Waals surface area contributed by atoms with E-state index in [1.54, 1.807) is 0 Å². The molecule has 0 heterocycles. The van der Waals surface area contributed by atoms with E-state index in [2.05, 4.69) is 0 Å². The number of hydrogen-bond acceptors (Lipinski definition) is 2. The monoisotopic (exact) mass is 239 g/mol. The first-order valence-electron chi connectivity index (χ1n) is 5.76. The maximum absolute atomic E-state index is 12.9. The van der Waals surface area contributed by atoms with Crippen LogP contribution in [0, 0.1) is 5.82 Å². The highest BCUT2D eigenvalue weighted by Crippen LogP contribution is 2.29. The molecule has 0 spiro atoms. The maximum Gasteiger partial charge on any atom is 0.315 e. The summed E-state index contributed by atoms with van der Waals surface area (Å²) in [5.74, 6) is -1.32. The first-order valence-corrected chi connectivity index (χ1v) is 5.76. The Balaban J connectivity index is 3.12. The van der Waals surface area contributed by atoms with Crippen LogP contribution in [-0.2, 0) is 10.2 Å². The molecule has 0 saturated heterocycles. The molecule has 3 N–H and O–H groups in total. The lowest BCUT2D eigenvalue weighted by Crippen LogP contribution is -2.43. The van der Waals surface area contributed by atoms with Gasteiger partial charge in [-0.25, -0.2) is 4.39 Å². The van der Waals surface area contributed by atoms with Crippen LogP contribution in [0.15, 0.2) is 24.3 Å². The average Bonchev–Trinajstić information content (AvgIpc) is 2.32. The highest BCUT2D eigenvalue weighted by Gasteiger charge is 2.38. The number of carbonyl (C=O) groups is 1. The second-order valence-corrected chi connectivity index (χ2v) is 4.20. The van der Waals surface area contributed by atoms with Gasteiger partial charge >= 0.3 is 5.97 Å². The van der Waals surface area contributed by atoms with Crippen LogP contribution >= 0.6 is 0 Å². The van der Waals surface area contributed by atoms with Crippen LogP contribution in [0.25, 0.3) is 0 Å². The lowest BCUT2D eigenvalue weighted by atomic mass is 9.76. The molecule has 3 nitrogen and oxygen atoms in total. The number of halogens is 1. The molecule has 0 aliphatic rings. The van der Waals surface area contributed by atoms with Gasteiger partial charge in [-0.15, -0.1) is 0 Å². The smallest absolute Gasteiger partial charge is 0.315 e. The van der Waals surface area contributed by atoms with E-state index < -0.39 is 11.4 Å². The van der Waals surface area contributed by atoms with E-state index in [-0.39, 0.29) is 12.4 Å². The molecule has 0 bridgehead atoms. The summed E-state index contributed by atoms with van der Waals surface area (Å²) in [5.41, 5.74) is 5.12. The van der Waals surface area contributed by atoms with E-state index in [4.69, 9.17) is 5.73 Å². The number of unbranched alkanes of at least 4 members (excludes halogenated alkanes) is 1. The summed E-state index contributed by atoms with van der Waals surface area (Å²) in [5, 5.41) is 9.40. The molecule has 1 rings (SSSR count). The van der Waals surface area contributed by atoms with Gasteiger partial charge < -0.3 is 10.8 Å². The molecular weight excluding hydrogens is 221 g/mol. The van der Waals surface area contributed by atoms with Crippen molar-refractivity contribution in [3.05, 3.63) is 35.6 Å². The van der Waals surface area contributed by atoms with E-state index in [1.807, 2.05) is 6.92 Å². The number of nitrogens with two attached hydrogens (primary N) is 1. The van der Waals surface area contributed by atoms with Crippen molar-refractivity contribution in [2.45, 2.75) is 31.6 Å². The third-order valence-electron chi connectivity index (χ3n) is 3.11. The van der Waals surface area contributed by atoms with Gasteiger partial charge in [-0.05, 0) is 24.1 Å². The molecular formula is C13H18FNO2. The molecule has 0 amide bonds. The van der Waals surface area contributed by atoms with Crippen LogP contribution in [0.1, 0.15) is 31.7 Å². The Morgan fingerprint density at radius 1 is 1.41 bits per heavy atom. The van der Waals surface area contributed by atoms with Crippen molar-refractivity contribution in [2.75, 3.05) is 6.54 Å². The Kier molecular flexibility index (Phi) is 4.63. The standard InChI is InChI=1S/C13H18FNO2/c1-2-3-8-13(9-15,12(16)17)10-4-6-11(14)7-5-10/h4-7H,2-3,8-9,15H2,1H3,(H,16,17). The molecule has 94 valence electrons. The van der Waals surface area contributed by atoms with Crippen LogP contribution in [0.4, 0.5) is 4.39 Å². The molecule has 17 heavy (non-hydrogen) atoms. The molecule has 0 aliphatic carbocycles. The Morgan fingerprint density at radius 2 is 2.00 bits per heavy atom. The lowest BCUT2D eigenvalue weighted by molar-refractivity contribution is -0.143. The number of rotatable bonds is 6. The minimum absolute atomic E-state index is 0.0218. The third kappa shape index (κ3) is 2.82. The summed E-state index contributed by atoms with van der Waals surface area (Å²) >= 11 is 0. The maximum atomic E-state index is 12.9. The minimum Gasteiger partial charge on any atom is -0.481 e. The fourth-order valence-electron chi connectivity index (χ4n) is 1.93. The van der Waals surface area contributed by atoms with Crippen molar-refractivity contribution in [3.63, 3.8) is 0 Å². The van der Waals surface area contributed by atoms with Gasteiger partial charge in [0.2, 0.25) is 0 Å². The highest BCUT2D eigenvalue weighted by molar-refractivity contribution is 5.81. The zero-order valence-electron chi connectivity index (χ0n) is 9.95. The lowest BCUT2D eigenvalue weighted by Gasteiger charge is -2.28. The number of hydrogen-bond donors (Lipinski definition) is 2. The van der Waals surface area contributed by atoms with E-state index in [0.29, 0.717) is 12.0 Å². The topological polar surface area (TPSA) is 63.3 Å². The van der Waals surface area contributed by atoms with Gasteiger partial charge in [-0.1, -0.05) is 31.9 Å². The molecule has 1 unspecified atom stereocenters. The molecule has 1 atom stereocenters. The van der Waals surface area contributed by atoms with Crippen molar-refractivity contribution >= 4 is 5.97 Å². The van der Waals surface area contributed by atoms with Gasteiger partial charge in [0.15, 0.2) is 0 Å². The Labute approximate surface area is 100 Å². The minimum atomic E-state index is -1.09. The Hall–Kier alpha value is -1.42. The van der Waals surface area contributed by atoms with Gasteiger partial charge in [0, 0.05) is 6.54 Å². The van der Waals surface area contributed by atoms with Gasteiger partial charge in [0.1, 0.15) is 11.2 Å². The van der Waals surface area contributed by atoms with Crippen LogP contribution in [-0.4, -0.2) is 17.6 Å². The quantitative estimate of drug-likeness (QED) is 0.800. The Morgan fingerprint density at radius 3 is 2.41 bits per heavy atom. The summed E-state index contributed by atoms with van der Waals surface area (Å²) in [4.78, 5) is 11.5. The fraction of sp³-hybridized carbons (Fsp3) is 0.462. The van der Waals surface area contributed by atoms with E-state index in [0.717, 1.165) is 12.8 Å². The number of carboxylic acid groups (broad SMARTS) is 1. The summed E-state index contributed by atoms with van der Waals surface area (Å²) < 4.78 is 12.9. The summed E-state index contributed by atoms with van der Waals surface area (Å²) in [6.07, 6.45) is 2.15. The normalized spacial score (nSPS) is 14.3. The van der Waals surface area contributed by atoms with Gasteiger partial charge in [0.05, 0.1) is 0 Å². The first-order chi connectivity index (χ1) is 8.06. The van der Waals surface area contributed by atoms with Crippen LogP contribution < -0.4 is 5.73 Å². The molecule has 0 aromatic heterocycles. The van der Waals surface area contributed by atoms with E-state index >= 15 is 0 Å². The number of aliphatic carboxylic acids is 1. The van der Waals surface area contributed by atoms with Crippen LogP contribution in [0.5, 0.6) is 0 Å². The van der Waals surface area contributed by atoms with Crippen molar-refractivity contribution in [3.8, 4) is 0 Å². The molecule has 0 aliphatic heterocycles. The van der Waals surface area contributed by atoms with Crippen molar-refractivity contribution in [1.82, 2.24) is 0 Å². The summed E-state index contributed by atoms with van der Waals surface area (Å²) in [7, 11) is 0. The zero-order valence-corrected chi connectivity index (χ0v) is 9.95. The fourth-order valence-corrected chi connectivity index (χ4v) is 1.93. The largest absolute Gasteiger partial charge is 0.481 e. The molecule has 0 fully saturated rings. The molecule has 0 radical (unpaired) electrons. The van der Waals surface area contributed by atoms with Crippen LogP contribution in [0.2, 0.25) is 0 Å². The zero-order chi connectivity index (χ0) is 12.9. The predicted octanol–water partition coefficient (Wildman–Crippen LogP) is 2.30. The molecule has 4 heteroatoms. The second kappa shape index (κ2) is 5.77. The van der Waals surface area contributed by atoms with Crippen LogP contribution in [0.3, 0.4) is 0 Å². The van der Waals surface area contributed by atoms with Crippen molar-refractivity contribution in [1.29, 1.82) is 0 Å². The number of benzene rings is 1.